The predicted octanol–water partition coefficient (Wildman–Crippen LogP) is 2.08. The molecule has 0 fully saturated rings. The Balaban J connectivity index is 2.94. The third kappa shape index (κ3) is 6.23. The van der Waals surface area contributed by atoms with Gasteiger partial charge in [-0.1, -0.05) is 6.07 Å². The van der Waals surface area contributed by atoms with E-state index in [0.717, 1.165) is 0 Å². The fourth-order valence-corrected chi connectivity index (χ4v) is 3.69. The van der Waals surface area contributed by atoms with E-state index in [1.165, 1.54) is 49.4 Å². The topological polar surface area (TPSA) is 138 Å². The quantitative estimate of drug-likeness (QED) is 0.468. The second-order valence-electron chi connectivity index (χ2n) is 7.57. The van der Waals surface area contributed by atoms with Crippen molar-refractivity contribution in [1.82, 2.24) is 10.6 Å². The number of esters is 2. The number of amides is 2. The molecule has 0 aliphatic rings. The Morgan fingerprint density at radius 2 is 1.25 bits per heavy atom. The molecule has 2 rings (SSSR count). The van der Waals surface area contributed by atoms with E-state index in [4.69, 9.17) is 23.7 Å². The number of benzene rings is 2. The van der Waals surface area contributed by atoms with E-state index in [2.05, 4.69) is 10.6 Å². The number of ether oxygens (including phenoxy) is 5. The molecule has 0 aliphatic heterocycles. The molecule has 194 valence electrons. The highest BCUT2D eigenvalue weighted by Crippen LogP contribution is 2.44. The zero-order chi connectivity index (χ0) is 27.0. The minimum Gasteiger partial charge on any atom is -0.497 e. The van der Waals surface area contributed by atoms with Gasteiger partial charge in [0, 0.05) is 36.6 Å². The minimum absolute atomic E-state index is 0.285. The molecule has 0 radical (unpaired) electrons. The zero-order valence-corrected chi connectivity index (χ0v) is 21.2. The third-order valence-corrected chi connectivity index (χ3v) is 5.27. The summed E-state index contributed by atoms with van der Waals surface area (Å²) in [4.78, 5) is 49.0. The summed E-state index contributed by atoms with van der Waals surface area (Å²) in [5.41, 5.74) is 1.44. The molecule has 0 bridgehead atoms. The molecule has 0 aromatic heterocycles. The van der Waals surface area contributed by atoms with Gasteiger partial charge in [0.1, 0.15) is 17.2 Å². The normalized spacial score (nSPS) is 12.0. The number of carbonyl (C=O) groups is 4. The van der Waals surface area contributed by atoms with Crippen molar-refractivity contribution in [3.8, 4) is 28.4 Å². The van der Waals surface area contributed by atoms with Gasteiger partial charge in [0.25, 0.3) is 0 Å². The Bertz CT molecular complexity index is 1150. The van der Waals surface area contributed by atoms with Gasteiger partial charge in [-0.15, -0.1) is 0 Å². The maximum atomic E-state index is 12.8. The predicted molar refractivity (Wildman–Crippen MR) is 129 cm³/mol. The average molecular weight is 503 g/mol. The van der Waals surface area contributed by atoms with Crippen LogP contribution in [0.2, 0.25) is 0 Å². The standard InChI is InChI=1S/C25H30N2O9/c1-13(28)26-22(24(30)35-6)15-8-9-19(33-4)17(10-15)21-18(11-16(32-3)12-20(21)34-5)23(25(31)36-7)27-14(2)29/h8-12,22-23H,1-7H3,(H,26,28)(H,27,29). The summed E-state index contributed by atoms with van der Waals surface area (Å²) in [6, 6.07) is 5.61. The molecule has 11 nitrogen and oxygen atoms in total. The van der Waals surface area contributed by atoms with Crippen LogP contribution in [0.15, 0.2) is 30.3 Å². The Hall–Kier alpha value is -4.28. The summed E-state index contributed by atoms with van der Waals surface area (Å²) in [6.45, 7) is 2.54. The van der Waals surface area contributed by atoms with Gasteiger partial charge in [0.2, 0.25) is 11.8 Å². The molecule has 0 saturated heterocycles. The molecule has 2 aromatic carbocycles. The molecular formula is C25H30N2O9. The van der Waals surface area contributed by atoms with Gasteiger partial charge in [0.15, 0.2) is 12.1 Å². The van der Waals surface area contributed by atoms with Crippen LogP contribution in [0.5, 0.6) is 17.2 Å². The lowest BCUT2D eigenvalue weighted by Crippen LogP contribution is -2.33. The van der Waals surface area contributed by atoms with Crippen molar-refractivity contribution in [2.24, 2.45) is 0 Å². The molecule has 11 heteroatoms. The summed E-state index contributed by atoms with van der Waals surface area (Å²) >= 11 is 0. The average Bonchev–Trinajstić information content (AvgIpc) is 2.87. The van der Waals surface area contributed by atoms with Gasteiger partial charge in [-0.2, -0.15) is 0 Å². The highest BCUT2D eigenvalue weighted by atomic mass is 16.5. The van der Waals surface area contributed by atoms with Crippen molar-refractivity contribution < 1.29 is 42.9 Å². The van der Waals surface area contributed by atoms with E-state index >= 15 is 0 Å². The van der Waals surface area contributed by atoms with Crippen LogP contribution in [0.3, 0.4) is 0 Å². The van der Waals surface area contributed by atoms with Crippen molar-refractivity contribution in [3.63, 3.8) is 0 Å². The first-order valence-electron chi connectivity index (χ1n) is 10.8. The molecule has 2 aromatic rings. The van der Waals surface area contributed by atoms with Gasteiger partial charge in [-0.05, 0) is 23.8 Å². The van der Waals surface area contributed by atoms with E-state index in [0.29, 0.717) is 28.2 Å². The van der Waals surface area contributed by atoms with Crippen LogP contribution in [-0.4, -0.2) is 59.3 Å². The number of nitrogens with one attached hydrogen (secondary N) is 2. The summed E-state index contributed by atoms with van der Waals surface area (Å²) in [7, 11) is 6.73. The van der Waals surface area contributed by atoms with Gasteiger partial charge >= 0.3 is 11.9 Å². The summed E-state index contributed by atoms with van der Waals surface area (Å²) in [5, 5.41) is 5.16. The first kappa shape index (κ1) is 28.0. The van der Waals surface area contributed by atoms with Crippen LogP contribution in [0.25, 0.3) is 11.1 Å². The van der Waals surface area contributed by atoms with Gasteiger partial charge in [0.05, 0.1) is 35.5 Å². The van der Waals surface area contributed by atoms with Crippen molar-refractivity contribution in [2.75, 3.05) is 35.5 Å². The van der Waals surface area contributed by atoms with Crippen molar-refractivity contribution >= 4 is 23.8 Å². The number of hydrogen-bond acceptors (Lipinski definition) is 9. The lowest BCUT2D eigenvalue weighted by atomic mass is 9.90. The van der Waals surface area contributed by atoms with Crippen LogP contribution in [0.1, 0.15) is 37.1 Å². The minimum atomic E-state index is -1.23. The molecule has 0 saturated carbocycles. The molecule has 2 amide bonds. The third-order valence-electron chi connectivity index (χ3n) is 5.27. The Kier molecular flexibility index (Phi) is 9.66. The Labute approximate surface area is 209 Å². The molecular weight excluding hydrogens is 472 g/mol. The Morgan fingerprint density at radius 3 is 1.75 bits per heavy atom. The smallest absolute Gasteiger partial charge is 0.333 e. The fourth-order valence-electron chi connectivity index (χ4n) is 3.69. The van der Waals surface area contributed by atoms with E-state index in [1.54, 1.807) is 30.3 Å². The fraction of sp³-hybridized carbons (Fsp3) is 0.360. The van der Waals surface area contributed by atoms with E-state index < -0.39 is 35.8 Å². The monoisotopic (exact) mass is 502 g/mol. The van der Waals surface area contributed by atoms with Gasteiger partial charge in [-0.3, -0.25) is 9.59 Å². The maximum Gasteiger partial charge on any atom is 0.333 e. The van der Waals surface area contributed by atoms with Crippen molar-refractivity contribution in [3.05, 3.63) is 41.5 Å². The summed E-state index contributed by atoms with van der Waals surface area (Å²) < 4.78 is 26.4. The van der Waals surface area contributed by atoms with E-state index in [1.807, 2.05) is 0 Å². The number of hydrogen-bond donors (Lipinski definition) is 2. The number of carbonyl (C=O) groups excluding carboxylic acids is 4. The maximum absolute atomic E-state index is 12.8. The summed E-state index contributed by atoms with van der Waals surface area (Å²) in [6.07, 6.45) is 0. The van der Waals surface area contributed by atoms with Crippen molar-refractivity contribution in [2.45, 2.75) is 25.9 Å². The Morgan fingerprint density at radius 1 is 0.694 bits per heavy atom. The van der Waals surface area contributed by atoms with Gasteiger partial charge < -0.3 is 34.3 Å². The largest absolute Gasteiger partial charge is 0.497 e. The lowest BCUT2D eigenvalue weighted by Gasteiger charge is -2.24. The lowest BCUT2D eigenvalue weighted by molar-refractivity contribution is -0.145. The van der Waals surface area contributed by atoms with E-state index in [9.17, 15) is 19.2 Å². The van der Waals surface area contributed by atoms with Gasteiger partial charge in [-0.25, -0.2) is 9.59 Å². The first-order valence-corrected chi connectivity index (χ1v) is 10.8. The molecule has 0 aliphatic carbocycles. The number of rotatable bonds is 10. The zero-order valence-electron chi connectivity index (χ0n) is 21.2. The number of methoxy groups -OCH3 is 5. The van der Waals surface area contributed by atoms with Crippen LogP contribution < -0.4 is 24.8 Å². The highest BCUT2D eigenvalue weighted by Gasteiger charge is 2.31. The second kappa shape index (κ2) is 12.4. The second-order valence-corrected chi connectivity index (χ2v) is 7.57. The molecule has 2 atom stereocenters. The molecule has 0 heterocycles. The molecule has 2 N–H and O–H groups in total. The van der Waals surface area contributed by atoms with E-state index in [-0.39, 0.29) is 11.3 Å². The molecule has 36 heavy (non-hydrogen) atoms. The molecule has 2 unspecified atom stereocenters. The first-order chi connectivity index (χ1) is 17.1. The van der Waals surface area contributed by atoms with Crippen LogP contribution in [-0.2, 0) is 28.7 Å². The summed E-state index contributed by atoms with van der Waals surface area (Å²) in [5.74, 6) is -1.34. The molecule has 0 spiro atoms. The van der Waals surface area contributed by atoms with Crippen LogP contribution in [0, 0.1) is 0 Å². The van der Waals surface area contributed by atoms with Crippen molar-refractivity contribution in [1.29, 1.82) is 0 Å². The highest BCUT2D eigenvalue weighted by molar-refractivity contribution is 5.91. The van der Waals surface area contributed by atoms with Crippen LogP contribution >= 0.6 is 0 Å². The SMILES string of the molecule is COC(=O)C(NC(C)=O)c1ccc(OC)c(-c2c(OC)cc(OC)cc2C(NC(C)=O)C(=O)OC)c1. The van der Waals surface area contributed by atoms with Crippen LogP contribution in [0.4, 0.5) is 0 Å².